The van der Waals surface area contributed by atoms with E-state index in [1.807, 2.05) is 42.0 Å². The highest BCUT2D eigenvalue weighted by Crippen LogP contribution is 2.42. The minimum atomic E-state index is -4.43. The number of halogens is 20. The molecule has 0 radical (unpaired) electrons. The number of sulfonamides is 4. The molecule has 133 heavy (non-hydrogen) atoms. The molecule has 0 spiro atoms. The van der Waals surface area contributed by atoms with Gasteiger partial charge in [-0.25, -0.2) is 111 Å². The molecule has 2 aliphatic rings. The molecule has 2 saturated carbocycles. The topological polar surface area (TPSA) is 350 Å². The molecule has 57 heteroatoms. The zero-order valence-corrected chi connectivity index (χ0v) is 88.3. The third-order valence-corrected chi connectivity index (χ3v) is 34.7. The van der Waals surface area contributed by atoms with Gasteiger partial charge in [0.2, 0.25) is 10.3 Å². The van der Waals surface area contributed by atoms with Gasteiger partial charge in [-0.1, -0.05) is 217 Å². The van der Waals surface area contributed by atoms with Crippen LogP contribution in [-0.4, -0.2) is 169 Å². The van der Waals surface area contributed by atoms with Crippen LogP contribution < -0.4 is 34.4 Å². The third-order valence-electron chi connectivity index (χ3n) is 18.1. The monoisotopic (exact) mass is 2300 g/mol. The number of aryl methyl sites for hydroxylation is 5. The summed E-state index contributed by atoms with van der Waals surface area (Å²) in [5.74, 6) is -8.72. The Morgan fingerprint density at radius 2 is 0.692 bits per heavy atom. The SMILES string of the molecule is C.CCOCCl.CCOCN(c1nc(C)c(Cl)s1)S(=O)(=O)c1cc(Cl)c(F)cc1F.CCOCN(c1nc(C)c(Cl)s1)S(=O)(=O)c1cc(Cl)c(N[C@H]2CCCC[C@@H]2N(C)C)cc1F.Cc1nc(N)sc1Cl.Cc1nc(NS(=O)(=O)c2cc(Cl)c(F)cc2F)sc1Cl.Cc1nc(NS(=O)(=O)c2cc(Cl)c(N[C@H]3CCCC[C@@H]3N(C)C)cc2F)sc1Cl.O=S(=O)(Cl)c1cc(Cl)c(F)cc1F. The van der Waals surface area contributed by atoms with Crippen LogP contribution in [0, 0.1) is 81.2 Å². The Hall–Kier alpha value is -4.68. The first-order chi connectivity index (χ1) is 61.5. The molecule has 0 aliphatic heterocycles. The molecule has 0 amide bonds. The average molecular weight is 2300 g/mol. The highest BCUT2D eigenvalue weighted by molar-refractivity contribution is 8.13. The minimum Gasteiger partial charge on any atom is -0.379 e. The molecule has 0 saturated heterocycles. The van der Waals surface area contributed by atoms with E-state index in [9.17, 15) is 72.8 Å². The molecule has 5 aromatic carbocycles. The van der Waals surface area contributed by atoms with Gasteiger partial charge in [0.1, 0.15) is 112 Å². The van der Waals surface area contributed by atoms with E-state index in [1.165, 1.54) is 11.3 Å². The van der Waals surface area contributed by atoms with Gasteiger partial charge in [0.05, 0.1) is 65.0 Å². The zero-order valence-electron chi connectivity index (χ0n) is 71.0. The van der Waals surface area contributed by atoms with Gasteiger partial charge in [-0.2, -0.15) is 0 Å². The number of likely N-dealkylation sites (N-methyl/N-ethyl adjacent to an activating group) is 2. The van der Waals surface area contributed by atoms with E-state index in [0.717, 1.165) is 135 Å². The highest BCUT2D eigenvalue weighted by atomic mass is 35.7. The predicted octanol–water partition coefficient (Wildman–Crippen LogP) is 24.5. The number of aromatic nitrogens is 5. The number of hydrogen-bond donors (Lipinski definition) is 5. The van der Waals surface area contributed by atoms with E-state index in [0.29, 0.717) is 116 Å². The lowest BCUT2D eigenvalue weighted by molar-refractivity contribution is 0.157. The van der Waals surface area contributed by atoms with Crippen LogP contribution in [-0.2, 0) is 63.4 Å². The Bertz CT molecular complexity index is 6150. The molecule has 4 atom stereocenters. The van der Waals surface area contributed by atoms with Crippen molar-refractivity contribution in [3.05, 3.63) is 182 Å². The standard InChI is InChI=1S/C21H29Cl2FN4O3S2.C18H23Cl2FN4O2S2.C13H12Cl2F2N2O3S2.C10H6Cl2F2N2O2S2.C6H2Cl2F2O2S.C4H5ClN2S.C3H7ClO.CH4/c1-5-31-12-28(21-25-13(2)20(23)32-21)33(29,30)19-10-14(22)17(11-15(19)24)26-16-8-6-7-9-18(16)27(3)4;1-10-17(20)28-18(22-10)24-29(26,27)16-8-11(19)14(9-12(16)21)23-13-6-4-5-7-15(13)25(2)3;1-3-22-6-19(13-18-7(2)12(15)23-13)24(20,21)11-4-8(14)9(16)5-10(11)17;1-4-9(12)19-10(15-4)16-20(17,18)8-2-5(11)6(13)3-7(8)14;7-3-1-6(13(8,11)12)5(10)2-4(3)9;1-2-3(5)8-4(6)7-2;1-2-5-3-4;/h10-11,16,18,26H,5-9,12H2,1-4H3;8-9,13,15,23H,4-7H2,1-3H3,(H,22,24);4-5H,3,6H2,1-2H3;2-3H,1H3,(H,15,16);1-2H;1H3,(H2,6,7);2-3H2,1H3;1H4/t16-,18-;13-,15-;;;;;;/m00....../s1. The smallest absolute Gasteiger partial charge is 0.271 e. The maximum absolute atomic E-state index is 15.2. The van der Waals surface area contributed by atoms with Crippen LogP contribution in [0.4, 0.5) is 72.2 Å². The summed E-state index contributed by atoms with van der Waals surface area (Å²) >= 11 is 68.5. The summed E-state index contributed by atoms with van der Waals surface area (Å²) in [6.07, 6.45) is 8.35. The number of ether oxygens (including phenoxy) is 3. The highest BCUT2D eigenvalue weighted by Gasteiger charge is 2.37. The summed E-state index contributed by atoms with van der Waals surface area (Å²) in [7, 11) is -8.58. The summed E-state index contributed by atoms with van der Waals surface area (Å²) in [6, 6.07) is 8.83. The minimum absolute atomic E-state index is 0. The first-order valence-electron chi connectivity index (χ1n) is 38.0. The van der Waals surface area contributed by atoms with Crippen LogP contribution in [0.3, 0.4) is 0 Å². The number of nitrogens with two attached hydrogens (primary N) is 1. The number of anilines is 7. The largest absolute Gasteiger partial charge is 0.379 e. The van der Waals surface area contributed by atoms with Gasteiger partial charge in [0.25, 0.3) is 49.1 Å². The maximum atomic E-state index is 15.2. The molecule has 2 fully saturated rings. The molecule has 0 bridgehead atoms. The summed E-state index contributed by atoms with van der Waals surface area (Å²) in [5, 5.41) is 6.08. The van der Waals surface area contributed by atoms with Crippen molar-refractivity contribution in [1.29, 1.82) is 0 Å². The lowest BCUT2D eigenvalue weighted by atomic mass is 9.89. The van der Waals surface area contributed by atoms with Crippen molar-refractivity contribution in [1.82, 2.24) is 34.7 Å². The molecule has 6 N–H and O–H groups in total. The van der Waals surface area contributed by atoms with Gasteiger partial charge in [-0.3, -0.25) is 9.44 Å². The number of rotatable bonds is 27. The van der Waals surface area contributed by atoms with Crippen LogP contribution in [0.2, 0.25) is 46.8 Å². The number of nitrogens with one attached hydrogen (secondary N) is 4. The fourth-order valence-corrected chi connectivity index (χ4v) is 24.6. The summed E-state index contributed by atoms with van der Waals surface area (Å²) < 4.78 is 255. The number of hydrogen-bond acceptors (Lipinski definition) is 28. The number of alkyl halides is 1. The van der Waals surface area contributed by atoms with E-state index in [-0.39, 0.29) is 76.1 Å². The van der Waals surface area contributed by atoms with Gasteiger partial charge in [-0.05, 0) is 152 Å². The van der Waals surface area contributed by atoms with Crippen molar-refractivity contribution in [3.8, 4) is 0 Å². The predicted molar refractivity (Wildman–Crippen MR) is 523 cm³/mol. The quantitative estimate of drug-likeness (QED) is 0.0105. The Morgan fingerprint density at radius 3 is 0.985 bits per heavy atom. The van der Waals surface area contributed by atoms with Gasteiger partial charge in [0, 0.05) is 72.9 Å². The van der Waals surface area contributed by atoms with Crippen molar-refractivity contribution in [3.63, 3.8) is 0 Å². The second kappa shape index (κ2) is 53.3. The van der Waals surface area contributed by atoms with Crippen molar-refractivity contribution in [2.24, 2.45) is 0 Å². The van der Waals surface area contributed by atoms with Crippen molar-refractivity contribution < 1.29 is 91.4 Å². The number of benzene rings is 5. The number of nitrogen functional groups attached to an aromatic ring is 1. The fraction of sp³-hybridized carbons (Fsp3) is 0.408. The normalized spacial score (nSPS) is 15.1. The molecule has 2 aliphatic carbocycles. The molecule has 740 valence electrons. The fourth-order valence-electron chi connectivity index (χ4n) is 11.6. The van der Waals surface area contributed by atoms with Crippen molar-refractivity contribution in [2.75, 3.05) is 102 Å². The lowest BCUT2D eigenvalue weighted by Gasteiger charge is -2.37. The van der Waals surface area contributed by atoms with Gasteiger partial charge in [-0.15, -0.1) is 0 Å². The molecule has 5 heterocycles. The molecular formula is C76H88Cl12F8N14O13S10. The average Bonchev–Trinajstić information content (AvgIpc) is 1.77. The van der Waals surface area contributed by atoms with Crippen LogP contribution in [0.25, 0.3) is 0 Å². The molecule has 5 aromatic heterocycles. The third kappa shape index (κ3) is 33.8. The Labute approximate surface area is 846 Å². The van der Waals surface area contributed by atoms with Crippen molar-refractivity contribution in [2.45, 2.75) is 163 Å². The molecular weight excluding hydrogens is 2220 g/mol. The van der Waals surface area contributed by atoms with Gasteiger partial charge >= 0.3 is 0 Å². The number of thiazole rings is 5. The van der Waals surface area contributed by atoms with Crippen LogP contribution >= 0.6 is 195 Å². The Morgan fingerprint density at radius 1 is 0.398 bits per heavy atom. The Balaban J connectivity index is 0.000000289. The van der Waals surface area contributed by atoms with E-state index in [1.54, 1.807) is 41.5 Å². The first kappa shape index (κ1) is 119. The number of nitrogens with zero attached hydrogens (tertiary/aromatic N) is 9. The first-order valence-corrected chi connectivity index (χ1v) is 54.5. The second-order valence-corrected chi connectivity index (χ2v) is 47.6. The van der Waals surface area contributed by atoms with Crippen LogP contribution in [0.15, 0.2) is 85.1 Å². The second-order valence-electron chi connectivity index (χ2n) is 27.8. The van der Waals surface area contributed by atoms with E-state index in [4.69, 9.17) is 154 Å². The van der Waals surface area contributed by atoms with Crippen LogP contribution in [0.1, 0.15) is 108 Å². The lowest BCUT2D eigenvalue weighted by Crippen LogP contribution is -2.45. The summed E-state index contributed by atoms with van der Waals surface area (Å²) in [5.41, 5.74) is 8.71. The maximum Gasteiger partial charge on any atom is 0.271 e. The molecule has 12 rings (SSSR count). The van der Waals surface area contributed by atoms with E-state index >= 15 is 4.39 Å². The Kier molecular flexibility index (Phi) is 47.6. The molecule has 27 nitrogen and oxygen atoms in total. The van der Waals surface area contributed by atoms with E-state index in [2.05, 4.69) is 59.5 Å². The molecule has 10 aromatic rings. The van der Waals surface area contributed by atoms with Gasteiger partial charge in [0.15, 0.2) is 15.4 Å². The van der Waals surface area contributed by atoms with E-state index < -0.39 is 142 Å². The van der Waals surface area contributed by atoms with Crippen molar-refractivity contribution >= 4 is 281 Å². The summed E-state index contributed by atoms with van der Waals surface area (Å²) in [6.45, 7) is 14.1. The molecule has 0 unspecified atom stereocenters. The van der Waals surface area contributed by atoms with Gasteiger partial charge < -0.3 is 40.4 Å². The summed E-state index contributed by atoms with van der Waals surface area (Å²) in [4.78, 5) is 20.8. The zero-order chi connectivity index (χ0) is 99.3. The van der Waals surface area contributed by atoms with Crippen LogP contribution in [0.5, 0.6) is 0 Å².